The minimum atomic E-state index is -0.898. The zero-order valence-electron chi connectivity index (χ0n) is 11.4. The molecule has 1 aromatic rings. The van der Waals surface area contributed by atoms with Crippen LogP contribution in [0.25, 0.3) is 0 Å². The summed E-state index contributed by atoms with van der Waals surface area (Å²) in [5, 5.41) is 11.7. The summed E-state index contributed by atoms with van der Waals surface area (Å²) < 4.78 is 0. The largest absolute Gasteiger partial charge is 0.352 e. The number of nitrogens with one attached hydrogen (secondary N) is 3. The fourth-order valence-electron chi connectivity index (χ4n) is 1.90. The number of nitrogens with zero attached hydrogens (tertiary/aromatic N) is 2. The number of rotatable bonds is 5. The van der Waals surface area contributed by atoms with Gasteiger partial charge in [0.2, 0.25) is 5.91 Å². The predicted octanol–water partition coefficient (Wildman–Crippen LogP) is -0.254. The maximum Gasteiger partial charge on any atom is 0.325 e. The van der Waals surface area contributed by atoms with Gasteiger partial charge in [-0.05, 0) is 13.8 Å². The van der Waals surface area contributed by atoms with Crippen molar-refractivity contribution >= 4 is 17.8 Å². The first kappa shape index (κ1) is 14.0. The first-order valence-corrected chi connectivity index (χ1v) is 6.28. The molecule has 1 saturated heterocycles. The van der Waals surface area contributed by atoms with Gasteiger partial charge >= 0.3 is 6.03 Å². The molecule has 108 valence electrons. The summed E-state index contributed by atoms with van der Waals surface area (Å²) in [5.41, 5.74) is -0.0425. The summed E-state index contributed by atoms with van der Waals surface area (Å²) in [6.45, 7) is 3.70. The summed E-state index contributed by atoms with van der Waals surface area (Å²) in [5.74, 6) is -0.540. The highest BCUT2D eigenvalue weighted by Gasteiger charge is 2.43. The number of urea groups is 1. The third-order valence-electron chi connectivity index (χ3n) is 3.05. The highest BCUT2D eigenvalue weighted by molar-refractivity contribution is 6.06. The molecule has 1 aromatic heterocycles. The number of aromatic amines is 1. The number of H-pyrrole nitrogens is 1. The molecule has 8 nitrogen and oxygen atoms in total. The van der Waals surface area contributed by atoms with Crippen LogP contribution in [0.15, 0.2) is 12.4 Å². The molecule has 0 atom stereocenters. The Bertz CT molecular complexity index is 523. The van der Waals surface area contributed by atoms with Gasteiger partial charge in [-0.1, -0.05) is 0 Å². The second kappa shape index (κ2) is 5.32. The molecule has 0 unspecified atom stereocenters. The number of hydrogen-bond acceptors (Lipinski definition) is 4. The van der Waals surface area contributed by atoms with Crippen molar-refractivity contribution < 1.29 is 14.4 Å². The monoisotopic (exact) mass is 279 g/mol. The quantitative estimate of drug-likeness (QED) is 0.646. The molecular weight excluding hydrogens is 262 g/mol. The maximum absolute atomic E-state index is 11.9. The van der Waals surface area contributed by atoms with E-state index in [4.69, 9.17) is 0 Å². The van der Waals surface area contributed by atoms with E-state index in [1.165, 1.54) is 0 Å². The lowest BCUT2D eigenvalue weighted by Gasteiger charge is -2.15. The molecule has 0 saturated carbocycles. The Labute approximate surface area is 115 Å². The van der Waals surface area contributed by atoms with Gasteiger partial charge < -0.3 is 10.6 Å². The van der Waals surface area contributed by atoms with Gasteiger partial charge in [0.25, 0.3) is 5.91 Å². The second-order valence-corrected chi connectivity index (χ2v) is 5.15. The third kappa shape index (κ3) is 2.95. The SMILES string of the molecule is CC1(C)NC(=O)N(CCC(=O)NCc2cn[nH]c2)C1=O. The summed E-state index contributed by atoms with van der Waals surface area (Å²) in [4.78, 5) is 36.2. The van der Waals surface area contributed by atoms with Crippen molar-refractivity contribution in [1.29, 1.82) is 0 Å². The average molecular weight is 279 g/mol. The zero-order valence-corrected chi connectivity index (χ0v) is 11.4. The van der Waals surface area contributed by atoms with E-state index in [0.717, 1.165) is 10.5 Å². The van der Waals surface area contributed by atoms with Crippen LogP contribution in [0, 0.1) is 0 Å². The van der Waals surface area contributed by atoms with Crippen molar-refractivity contribution in [3.05, 3.63) is 18.0 Å². The van der Waals surface area contributed by atoms with E-state index in [2.05, 4.69) is 20.8 Å². The molecule has 0 bridgehead atoms. The standard InChI is InChI=1S/C12H17N5O3/c1-12(2)10(19)17(11(20)16-12)4-3-9(18)13-5-8-6-14-15-7-8/h6-7H,3-5H2,1-2H3,(H,13,18)(H,14,15)(H,16,20). The highest BCUT2D eigenvalue weighted by Crippen LogP contribution is 2.16. The van der Waals surface area contributed by atoms with Gasteiger partial charge in [-0.2, -0.15) is 5.10 Å². The molecule has 0 aliphatic carbocycles. The first-order chi connectivity index (χ1) is 9.40. The van der Waals surface area contributed by atoms with Crippen LogP contribution in [0.4, 0.5) is 4.79 Å². The summed E-state index contributed by atoms with van der Waals surface area (Å²) in [7, 11) is 0. The molecular formula is C12H17N5O3. The zero-order chi connectivity index (χ0) is 14.8. The number of carbonyl (C=O) groups excluding carboxylic acids is 3. The van der Waals surface area contributed by atoms with E-state index in [9.17, 15) is 14.4 Å². The Morgan fingerprint density at radius 2 is 2.20 bits per heavy atom. The molecule has 3 N–H and O–H groups in total. The van der Waals surface area contributed by atoms with Gasteiger partial charge in [0.1, 0.15) is 5.54 Å². The van der Waals surface area contributed by atoms with Crippen molar-refractivity contribution in [1.82, 2.24) is 25.7 Å². The summed E-state index contributed by atoms with van der Waals surface area (Å²) >= 11 is 0. The molecule has 20 heavy (non-hydrogen) atoms. The van der Waals surface area contributed by atoms with E-state index < -0.39 is 11.6 Å². The molecule has 1 aliphatic rings. The Hall–Kier alpha value is -2.38. The van der Waals surface area contributed by atoms with Crippen LogP contribution in [-0.2, 0) is 16.1 Å². The minimum absolute atomic E-state index is 0.0747. The van der Waals surface area contributed by atoms with Crippen LogP contribution in [0.3, 0.4) is 0 Å². The molecule has 0 aromatic carbocycles. The van der Waals surface area contributed by atoms with Crippen LogP contribution in [0.5, 0.6) is 0 Å². The highest BCUT2D eigenvalue weighted by atomic mass is 16.2. The van der Waals surface area contributed by atoms with E-state index in [1.54, 1.807) is 26.2 Å². The number of hydrogen-bond donors (Lipinski definition) is 3. The molecule has 1 fully saturated rings. The molecule has 8 heteroatoms. The summed E-state index contributed by atoms with van der Waals surface area (Å²) in [6.07, 6.45) is 3.37. The normalized spacial score (nSPS) is 17.2. The molecule has 0 radical (unpaired) electrons. The van der Waals surface area contributed by atoms with E-state index in [1.807, 2.05) is 0 Å². The predicted molar refractivity (Wildman–Crippen MR) is 69.4 cm³/mol. The number of carbonyl (C=O) groups is 3. The smallest absolute Gasteiger partial charge is 0.325 e. The van der Waals surface area contributed by atoms with Gasteiger partial charge in [-0.15, -0.1) is 0 Å². The number of aromatic nitrogens is 2. The molecule has 0 spiro atoms. The molecule has 1 aliphatic heterocycles. The Morgan fingerprint density at radius 1 is 1.45 bits per heavy atom. The Morgan fingerprint density at radius 3 is 2.75 bits per heavy atom. The topological polar surface area (TPSA) is 107 Å². The number of imide groups is 1. The van der Waals surface area contributed by atoms with Gasteiger partial charge in [0, 0.05) is 31.3 Å². The van der Waals surface area contributed by atoms with Crippen LogP contribution in [-0.4, -0.2) is 45.0 Å². The second-order valence-electron chi connectivity index (χ2n) is 5.15. The van der Waals surface area contributed by atoms with Crippen molar-refractivity contribution in [2.75, 3.05) is 6.54 Å². The van der Waals surface area contributed by atoms with Crippen LogP contribution in [0.2, 0.25) is 0 Å². The van der Waals surface area contributed by atoms with Gasteiger partial charge in [-0.3, -0.25) is 19.6 Å². The van der Waals surface area contributed by atoms with Crippen LogP contribution >= 0.6 is 0 Å². The fourth-order valence-corrected chi connectivity index (χ4v) is 1.90. The summed E-state index contributed by atoms with van der Waals surface area (Å²) in [6, 6.07) is -0.456. The van der Waals surface area contributed by atoms with E-state index in [-0.39, 0.29) is 24.8 Å². The first-order valence-electron chi connectivity index (χ1n) is 6.28. The number of amides is 4. The fraction of sp³-hybridized carbons (Fsp3) is 0.500. The minimum Gasteiger partial charge on any atom is -0.352 e. The van der Waals surface area contributed by atoms with Crippen molar-refractivity contribution in [3.63, 3.8) is 0 Å². The average Bonchev–Trinajstić information content (AvgIpc) is 2.94. The lowest BCUT2D eigenvalue weighted by atomic mass is 10.1. The van der Waals surface area contributed by atoms with Gasteiger partial charge in [0.15, 0.2) is 0 Å². The van der Waals surface area contributed by atoms with Gasteiger partial charge in [-0.25, -0.2) is 4.79 Å². The third-order valence-corrected chi connectivity index (χ3v) is 3.05. The van der Waals surface area contributed by atoms with Crippen LogP contribution in [0.1, 0.15) is 25.8 Å². The van der Waals surface area contributed by atoms with E-state index in [0.29, 0.717) is 6.54 Å². The maximum atomic E-state index is 11.9. The Balaban J connectivity index is 1.79. The molecule has 4 amide bonds. The van der Waals surface area contributed by atoms with E-state index >= 15 is 0 Å². The van der Waals surface area contributed by atoms with Crippen molar-refractivity contribution in [2.45, 2.75) is 32.4 Å². The van der Waals surface area contributed by atoms with Gasteiger partial charge in [0.05, 0.1) is 6.20 Å². The van der Waals surface area contributed by atoms with Crippen molar-refractivity contribution in [3.8, 4) is 0 Å². The molecule has 2 heterocycles. The van der Waals surface area contributed by atoms with Crippen molar-refractivity contribution in [2.24, 2.45) is 0 Å². The van der Waals surface area contributed by atoms with Crippen LogP contribution < -0.4 is 10.6 Å². The lowest BCUT2D eigenvalue weighted by molar-refractivity contribution is -0.130. The Kier molecular flexibility index (Phi) is 3.73. The molecule has 2 rings (SSSR count). The lowest BCUT2D eigenvalue weighted by Crippen LogP contribution is -2.40.